The molecule has 1 unspecified atom stereocenters. The van der Waals surface area contributed by atoms with E-state index >= 15 is 0 Å². The van der Waals surface area contributed by atoms with Gasteiger partial charge in [-0.05, 0) is 18.5 Å². The number of aryl methyl sites for hydroxylation is 1. The first-order valence-corrected chi connectivity index (χ1v) is 6.03. The molecule has 7 nitrogen and oxygen atoms in total. The topological polar surface area (TPSA) is 108 Å². The molecule has 1 aromatic rings. The van der Waals surface area contributed by atoms with E-state index in [9.17, 15) is 14.4 Å². The van der Waals surface area contributed by atoms with Crippen molar-refractivity contribution >= 4 is 34.3 Å². The van der Waals surface area contributed by atoms with Crippen molar-refractivity contribution in [2.75, 3.05) is 11.9 Å². The van der Waals surface area contributed by atoms with Gasteiger partial charge in [0.05, 0.1) is 11.6 Å². The van der Waals surface area contributed by atoms with E-state index in [4.69, 9.17) is 5.11 Å². The van der Waals surface area contributed by atoms with Crippen molar-refractivity contribution in [3.8, 4) is 0 Å². The second-order valence-electron chi connectivity index (χ2n) is 3.97. The van der Waals surface area contributed by atoms with Gasteiger partial charge in [-0.2, -0.15) is 4.37 Å². The lowest BCUT2D eigenvalue weighted by Crippen LogP contribution is -2.25. The number of carboxylic acids is 1. The number of anilines is 1. The van der Waals surface area contributed by atoms with E-state index in [0.717, 1.165) is 11.5 Å². The summed E-state index contributed by atoms with van der Waals surface area (Å²) in [6.45, 7) is 1.85. The van der Waals surface area contributed by atoms with Crippen LogP contribution in [0.5, 0.6) is 0 Å². The molecule has 1 fully saturated rings. The third-order valence-corrected chi connectivity index (χ3v) is 3.52. The van der Waals surface area contributed by atoms with Gasteiger partial charge in [0.1, 0.15) is 10.6 Å². The lowest BCUT2D eigenvalue weighted by atomic mass is 10.1. The van der Waals surface area contributed by atoms with Gasteiger partial charge in [0, 0.05) is 13.0 Å². The summed E-state index contributed by atoms with van der Waals surface area (Å²) < 4.78 is 3.90. The molecule has 1 atom stereocenters. The van der Waals surface area contributed by atoms with Crippen LogP contribution in [0.3, 0.4) is 0 Å². The molecule has 0 bridgehead atoms. The average molecular weight is 269 g/mol. The Labute approximate surface area is 106 Å². The minimum atomic E-state index is -1.13. The van der Waals surface area contributed by atoms with Crippen molar-refractivity contribution in [2.45, 2.75) is 13.3 Å². The molecule has 2 heterocycles. The van der Waals surface area contributed by atoms with E-state index < -0.39 is 11.9 Å². The predicted molar refractivity (Wildman–Crippen MR) is 63.6 cm³/mol. The summed E-state index contributed by atoms with van der Waals surface area (Å²) in [6.07, 6.45) is 0.131. The number of nitrogens with one attached hydrogen (secondary N) is 2. The summed E-state index contributed by atoms with van der Waals surface area (Å²) in [6, 6.07) is 0. The minimum Gasteiger partial charge on any atom is -0.478 e. The normalized spacial score (nSPS) is 18.5. The summed E-state index contributed by atoms with van der Waals surface area (Å²) in [5.74, 6) is -2.12. The van der Waals surface area contributed by atoms with Gasteiger partial charge in [-0.3, -0.25) is 9.59 Å². The van der Waals surface area contributed by atoms with Crippen molar-refractivity contribution in [3.63, 3.8) is 0 Å². The number of carboxylic acid groups (broad SMARTS) is 1. The fourth-order valence-electron chi connectivity index (χ4n) is 1.71. The molecular formula is C10H11N3O4S. The Morgan fingerprint density at radius 1 is 1.56 bits per heavy atom. The SMILES string of the molecule is Cc1nsc(NC(=O)C2CNC(=O)C2)c1C(=O)O. The molecule has 2 rings (SSSR count). The maximum atomic E-state index is 11.8. The first kappa shape index (κ1) is 12.5. The summed E-state index contributed by atoms with van der Waals surface area (Å²) in [4.78, 5) is 33.8. The van der Waals surface area contributed by atoms with Gasteiger partial charge in [0.25, 0.3) is 0 Å². The highest BCUT2D eigenvalue weighted by Crippen LogP contribution is 2.25. The molecule has 8 heteroatoms. The quantitative estimate of drug-likeness (QED) is 0.727. The highest BCUT2D eigenvalue weighted by Gasteiger charge is 2.29. The van der Waals surface area contributed by atoms with Crippen molar-refractivity contribution in [2.24, 2.45) is 5.92 Å². The lowest BCUT2D eigenvalue weighted by molar-refractivity contribution is -0.123. The number of carbonyl (C=O) groups excluding carboxylic acids is 2. The van der Waals surface area contributed by atoms with Crippen LogP contribution in [-0.4, -0.2) is 33.8 Å². The number of carbonyl (C=O) groups is 3. The fraction of sp³-hybridized carbons (Fsp3) is 0.400. The van der Waals surface area contributed by atoms with Gasteiger partial charge >= 0.3 is 5.97 Å². The fourth-order valence-corrected chi connectivity index (χ4v) is 2.50. The smallest absolute Gasteiger partial charge is 0.340 e. The van der Waals surface area contributed by atoms with Crippen LogP contribution in [0.1, 0.15) is 22.5 Å². The van der Waals surface area contributed by atoms with Gasteiger partial charge in [0.15, 0.2) is 0 Å². The first-order valence-electron chi connectivity index (χ1n) is 5.26. The zero-order chi connectivity index (χ0) is 13.3. The number of rotatable bonds is 3. The molecule has 96 valence electrons. The van der Waals surface area contributed by atoms with Crippen molar-refractivity contribution < 1.29 is 19.5 Å². The van der Waals surface area contributed by atoms with Gasteiger partial charge in [-0.15, -0.1) is 0 Å². The molecule has 0 saturated carbocycles. The second kappa shape index (κ2) is 4.73. The standard InChI is InChI=1S/C10H11N3O4S/c1-4-7(10(16)17)9(18-13-4)12-8(15)5-2-6(14)11-3-5/h5H,2-3H2,1H3,(H,11,14)(H,12,15)(H,16,17). The molecular weight excluding hydrogens is 258 g/mol. The van der Waals surface area contributed by atoms with Gasteiger partial charge in [-0.1, -0.05) is 0 Å². The van der Waals surface area contributed by atoms with Crippen LogP contribution in [0.15, 0.2) is 0 Å². The number of aromatic nitrogens is 1. The Hall–Kier alpha value is -1.96. The molecule has 0 aromatic carbocycles. The number of nitrogens with zero attached hydrogens (tertiary/aromatic N) is 1. The highest BCUT2D eigenvalue weighted by atomic mass is 32.1. The van der Waals surface area contributed by atoms with Gasteiger partial charge < -0.3 is 15.7 Å². The molecule has 0 aliphatic carbocycles. The summed E-state index contributed by atoms with van der Waals surface area (Å²) in [7, 11) is 0. The van der Waals surface area contributed by atoms with Crippen LogP contribution in [0.25, 0.3) is 0 Å². The predicted octanol–water partition coefficient (Wildman–Crippen LogP) is 0.224. The van der Waals surface area contributed by atoms with Crippen LogP contribution in [0, 0.1) is 12.8 Å². The Bertz CT molecular complexity index is 525. The molecule has 1 aliphatic rings. The van der Waals surface area contributed by atoms with Crippen LogP contribution < -0.4 is 10.6 Å². The van der Waals surface area contributed by atoms with E-state index in [0.29, 0.717) is 5.69 Å². The maximum absolute atomic E-state index is 11.8. The third-order valence-electron chi connectivity index (χ3n) is 2.66. The highest BCUT2D eigenvalue weighted by molar-refractivity contribution is 7.11. The monoisotopic (exact) mass is 269 g/mol. The Morgan fingerprint density at radius 2 is 2.28 bits per heavy atom. The van der Waals surface area contributed by atoms with E-state index in [1.54, 1.807) is 6.92 Å². The number of aromatic carboxylic acids is 1. The second-order valence-corrected chi connectivity index (χ2v) is 4.75. The first-order chi connectivity index (χ1) is 8.49. The van der Waals surface area contributed by atoms with Crippen LogP contribution >= 0.6 is 11.5 Å². The number of hydrogen-bond donors (Lipinski definition) is 3. The lowest BCUT2D eigenvalue weighted by Gasteiger charge is -2.07. The van der Waals surface area contributed by atoms with Crippen LogP contribution in [0.2, 0.25) is 0 Å². The van der Waals surface area contributed by atoms with E-state index in [-0.39, 0.29) is 35.3 Å². The zero-order valence-electron chi connectivity index (χ0n) is 9.52. The average Bonchev–Trinajstić information content (AvgIpc) is 2.85. The Kier molecular flexibility index (Phi) is 3.28. The number of hydrogen-bond acceptors (Lipinski definition) is 5. The molecule has 18 heavy (non-hydrogen) atoms. The molecule has 1 aromatic heterocycles. The molecule has 1 aliphatic heterocycles. The Balaban J connectivity index is 2.12. The molecule has 0 radical (unpaired) electrons. The van der Waals surface area contributed by atoms with E-state index in [1.165, 1.54) is 0 Å². The largest absolute Gasteiger partial charge is 0.478 e. The van der Waals surface area contributed by atoms with Crippen molar-refractivity contribution in [1.29, 1.82) is 0 Å². The van der Waals surface area contributed by atoms with Gasteiger partial charge in [-0.25, -0.2) is 4.79 Å². The Morgan fingerprint density at radius 3 is 2.83 bits per heavy atom. The third kappa shape index (κ3) is 2.33. The van der Waals surface area contributed by atoms with Crippen molar-refractivity contribution in [1.82, 2.24) is 9.69 Å². The summed E-state index contributed by atoms with van der Waals surface area (Å²) in [5.41, 5.74) is 0.369. The van der Waals surface area contributed by atoms with E-state index in [2.05, 4.69) is 15.0 Å². The summed E-state index contributed by atoms with van der Waals surface area (Å²) >= 11 is 0.924. The maximum Gasteiger partial charge on any atom is 0.340 e. The van der Waals surface area contributed by atoms with E-state index in [1.807, 2.05) is 0 Å². The van der Waals surface area contributed by atoms with Crippen molar-refractivity contribution in [3.05, 3.63) is 11.3 Å². The molecule has 3 N–H and O–H groups in total. The van der Waals surface area contributed by atoms with Crippen LogP contribution in [-0.2, 0) is 9.59 Å². The minimum absolute atomic E-state index is 0.00522. The van der Waals surface area contributed by atoms with Gasteiger partial charge in [0.2, 0.25) is 11.8 Å². The number of amides is 2. The molecule has 2 amide bonds. The zero-order valence-corrected chi connectivity index (χ0v) is 10.3. The molecule has 1 saturated heterocycles. The summed E-state index contributed by atoms with van der Waals surface area (Å²) in [5, 5.41) is 14.3. The molecule has 0 spiro atoms. The van der Waals surface area contributed by atoms with Crippen LogP contribution in [0.4, 0.5) is 5.00 Å².